The Balaban J connectivity index is 1.16. The van der Waals surface area contributed by atoms with Crippen molar-refractivity contribution in [3.63, 3.8) is 0 Å². The molecule has 4 rings (SSSR count). The summed E-state index contributed by atoms with van der Waals surface area (Å²) in [6.07, 6.45) is 0.535. The summed E-state index contributed by atoms with van der Waals surface area (Å²) in [5.41, 5.74) is 3.01. The van der Waals surface area contributed by atoms with Crippen LogP contribution in [0.5, 0.6) is 0 Å². The van der Waals surface area contributed by atoms with Crippen LogP contribution in [0.1, 0.15) is 35.6 Å². The van der Waals surface area contributed by atoms with Crippen molar-refractivity contribution in [1.82, 2.24) is 21.3 Å². The third-order valence-electron chi connectivity index (χ3n) is 6.95. The Kier molecular flexibility index (Phi) is 10.6. The monoisotopic (exact) mass is 593 g/mol. The van der Waals surface area contributed by atoms with Crippen LogP contribution in [0, 0.1) is 17.1 Å². The second kappa shape index (κ2) is 14.6. The molecule has 3 amide bonds. The molecule has 1 aliphatic heterocycles. The van der Waals surface area contributed by atoms with E-state index in [2.05, 4.69) is 21.3 Å². The van der Waals surface area contributed by atoms with Crippen molar-refractivity contribution in [2.75, 3.05) is 6.54 Å². The zero-order chi connectivity index (χ0) is 30.1. The number of alkyl carbamates (subject to hydrolysis) is 1. The zero-order valence-electron chi connectivity index (χ0n) is 23.1. The van der Waals surface area contributed by atoms with Gasteiger partial charge in [0, 0.05) is 12.1 Å². The molecule has 0 spiro atoms. The Morgan fingerprint density at radius 1 is 1.05 bits per heavy atom. The molecule has 1 heterocycles. The van der Waals surface area contributed by atoms with Crippen LogP contribution in [0.2, 0.25) is 5.02 Å². The number of ether oxygens (including phenoxy) is 1. The summed E-state index contributed by atoms with van der Waals surface area (Å²) in [5, 5.41) is 19.3. The van der Waals surface area contributed by atoms with Gasteiger partial charge in [0.15, 0.2) is 0 Å². The van der Waals surface area contributed by atoms with Gasteiger partial charge < -0.3 is 20.7 Å². The fourth-order valence-electron chi connectivity index (χ4n) is 4.61. The first kappa shape index (κ1) is 30.7. The molecule has 3 atom stereocenters. The van der Waals surface area contributed by atoms with E-state index in [1.807, 2.05) is 30.3 Å². The minimum atomic E-state index is -0.743. The Bertz CT molecular complexity index is 1420. The van der Waals surface area contributed by atoms with Crippen molar-refractivity contribution in [1.29, 1.82) is 5.41 Å². The molecular formula is C31H33ClFN5O4. The molecule has 0 radical (unpaired) electrons. The van der Waals surface area contributed by atoms with E-state index in [1.165, 1.54) is 6.07 Å². The maximum absolute atomic E-state index is 13.4. The molecule has 3 aromatic rings. The van der Waals surface area contributed by atoms with Crippen LogP contribution in [0.25, 0.3) is 0 Å². The normalized spacial score (nSPS) is 16.7. The molecule has 0 unspecified atom stereocenters. The summed E-state index contributed by atoms with van der Waals surface area (Å²) >= 11 is 5.87. The van der Waals surface area contributed by atoms with E-state index in [0.717, 1.165) is 16.7 Å². The highest BCUT2D eigenvalue weighted by Crippen LogP contribution is 2.23. The van der Waals surface area contributed by atoms with Gasteiger partial charge in [-0.3, -0.25) is 20.3 Å². The molecule has 0 bridgehead atoms. The zero-order valence-corrected chi connectivity index (χ0v) is 23.8. The average molecular weight is 594 g/mol. The largest absolute Gasteiger partial charge is 0.444 e. The predicted molar refractivity (Wildman–Crippen MR) is 157 cm³/mol. The van der Waals surface area contributed by atoms with Gasteiger partial charge in [0.2, 0.25) is 11.8 Å². The van der Waals surface area contributed by atoms with Gasteiger partial charge in [-0.2, -0.15) is 0 Å². The Morgan fingerprint density at radius 2 is 1.76 bits per heavy atom. The summed E-state index contributed by atoms with van der Waals surface area (Å²) in [6.45, 7) is 2.57. The van der Waals surface area contributed by atoms with Crippen molar-refractivity contribution >= 4 is 35.3 Å². The van der Waals surface area contributed by atoms with Gasteiger partial charge >= 0.3 is 6.09 Å². The molecule has 1 aliphatic rings. The highest BCUT2D eigenvalue weighted by molar-refractivity contribution is 6.30. The van der Waals surface area contributed by atoms with E-state index in [1.54, 1.807) is 43.3 Å². The SMILES string of the molecule is C[C@H](NC(=O)[C@H]1C[C@H](Cc2ccc(F)c(Cl)c2)CN1)C(=O)NCc1ccc(C(=N)NC(=O)OCc2ccccc2)cc1. The smallest absolute Gasteiger partial charge is 0.413 e. The summed E-state index contributed by atoms with van der Waals surface area (Å²) in [5.74, 6) is -0.970. The Morgan fingerprint density at radius 3 is 2.48 bits per heavy atom. The molecule has 5 N–H and O–H groups in total. The quantitative estimate of drug-likeness (QED) is 0.179. The van der Waals surface area contributed by atoms with Crippen LogP contribution >= 0.6 is 11.6 Å². The molecule has 220 valence electrons. The van der Waals surface area contributed by atoms with Gasteiger partial charge in [-0.05, 0) is 61.1 Å². The first-order valence-electron chi connectivity index (χ1n) is 13.6. The van der Waals surface area contributed by atoms with Crippen molar-refractivity contribution in [3.05, 3.63) is 106 Å². The molecule has 1 fully saturated rings. The van der Waals surface area contributed by atoms with E-state index >= 15 is 0 Å². The second-order valence-corrected chi connectivity index (χ2v) is 10.6. The van der Waals surface area contributed by atoms with Crippen LogP contribution in [0.15, 0.2) is 72.8 Å². The van der Waals surface area contributed by atoms with Crippen molar-refractivity contribution in [3.8, 4) is 0 Å². The number of halogens is 2. The van der Waals surface area contributed by atoms with Crippen molar-refractivity contribution < 1.29 is 23.5 Å². The lowest BCUT2D eigenvalue weighted by Crippen LogP contribution is -2.49. The summed E-state index contributed by atoms with van der Waals surface area (Å²) in [4.78, 5) is 37.4. The van der Waals surface area contributed by atoms with E-state index < -0.39 is 24.0 Å². The van der Waals surface area contributed by atoms with Gasteiger partial charge in [-0.15, -0.1) is 0 Å². The van der Waals surface area contributed by atoms with Gasteiger partial charge in [-0.25, -0.2) is 9.18 Å². The van der Waals surface area contributed by atoms with E-state index in [0.29, 0.717) is 24.9 Å². The average Bonchev–Trinajstić information content (AvgIpc) is 3.46. The topological polar surface area (TPSA) is 132 Å². The molecule has 0 aliphatic carbocycles. The summed E-state index contributed by atoms with van der Waals surface area (Å²) < 4.78 is 18.6. The maximum atomic E-state index is 13.4. The van der Waals surface area contributed by atoms with Crippen LogP contribution in [0.4, 0.5) is 9.18 Å². The molecule has 42 heavy (non-hydrogen) atoms. The molecule has 3 aromatic carbocycles. The first-order valence-corrected chi connectivity index (χ1v) is 14.0. The number of hydrogen-bond donors (Lipinski definition) is 5. The third-order valence-corrected chi connectivity index (χ3v) is 7.24. The van der Waals surface area contributed by atoms with Crippen LogP contribution < -0.4 is 21.3 Å². The number of benzene rings is 3. The number of amides is 3. The van der Waals surface area contributed by atoms with E-state index in [-0.39, 0.29) is 41.7 Å². The Labute approximate surface area is 248 Å². The van der Waals surface area contributed by atoms with Crippen LogP contribution in [0.3, 0.4) is 0 Å². The number of rotatable bonds is 10. The first-order chi connectivity index (χ1) is 20.2. The summed E-state index contributed by atoms with van der Waals surface area (Å²) in [7, 11) is 0. The lowest BCUT2D eigenvalue weighted by Gasteiger charge is -2.17. The van der Waals surface area contributed by atoms with Crippen LogP contribution in [-0.4, -0.2) is 42.4 Å². The maximum Gasteiger partial charge on any atom is 0.413 e. The molecule has 9 nitrogen and oxygen atoms in total. The van der Waals surface area contributed by atoms with Crippen molar-refractivity contribution in [2.24, 2.45) is 5.92 Å². The predicted octanol–water partition coefficient (Wildman–Crippen LogP) is 4.07. The lowest BCUT2D eigenvalue weighted by molar-refractivity contribution is -0.129. The van der Waals surface area contributed by atoms with Gasteiger partial charge in [-0.1, -0.05) is 72.3 Å². The number of hydrogen-bond acceptors (Lipinski definition) is 6. The number of carbonyl (C=O) groups is 3. The van der Waals surface area contributed by atoms with E-state index in [4.69, 9.17) is 21.7 Å². The highest BCUT2D eigenvalue weighted by atomic mass is 35.5. The number of amidine groups is 1. The Hall–Kier alpha value is -4.28. The number of carbonyl (C=O) groups excluding carboxylic acids is 3. The standard InChI is InChI=1S/C31H33ClFN5O4/c1-19(37-30(40)27-15-23(17-35-27)13-22-9-12-26(33)25(32)14-22)29(39)36-16-20-7-10-24(11-8-20)28(34)38-31(41)42-18-21-5-3-2-4-6-21/h2-12,14,19,23,27,35H,13,15-18H2,1H3,(H,36,39)(H,37,40)(H2,34,38,41)/t19-,23-,27+/m0/s1. The minimum absolute atomic E-state index is 0.0803. The van der Waals surface area contributed by atoms with Crippen molar-refractivity contribution in [2.45, 2.75) is 45.0 Å². The minimum Gasteiger partial charge on any atom is -0.444 e. The molecule has 0 saturated carbocycles. The molecule has 0 aromatic heterocycles. The number of nitrogens with one attached hydrogen (secondary N) is 5. The van der Waals surface area contributed by atoms with Gasteiger partial charge in [0.1, 0.15) is 24.3 Å². The molecule has 11 heteroatoms. The second-order valence-electron chi connectivity index (χ2n) is 10.2. The molecule has 1 saturated heterocycles. The van der Waals surface area contributed by atoms with Crippen LogP contribution in [-0.2, 0) is 33.9 Å². The fraction of sp³-hybridized carbons (Fsp3) is 0.290. The fourth-order valence-corrected chi connectivity index (χ4v) is 4.81. The highest BCUT2D eigenvalue weighted by Gasteiger charge is 2.31. The third kappa shape index (κ3) is 8.86. The van der Waals surface area contributed by atoms with Gasteiger partial charge in [0.25, 0.3) is 0 Å². The summed E-state index contributed by atoms with van der Waals surface area (Å²) in [6, 6.07) is 19.5. The molecular weight excluding hydrogens is 561 g/mol. The van der Waals surface area contributed by atoms with Gasteiger partial charge in [0.05, 0.1) is 11.1 Å². The van der Waals surface area contributed by atoms with E-state index in [9.17, 15) is 18.8 Å². The lowest BCUT2D eigenvalue weighted by atomic mass is 9.96.